The first-order valence-electron chi connectivity index (χ1n) is 4.42. The van der Waals surface area contributed by atoms with E-state index in [0.717, 1.165) is 30.7 Å². The first-order chi connectivity index (χ1) is 6.40. The first kappa shape index (κ1) is 8.84. The number of hydrogen-bond donors (Lipinski definition) is 0. The summed E-state index contributed by atoms with van der Waals surface area (Å²) in [6, 6.07) is 0. The zero-order valence-electron chi connectivity index (χ0n) is 7.23. The second-order valence-corrected chi connectivity index (χ2v) is 4.17. The quantitative estimate of drug-likeness (QED) is 0.682. The molecule has 0 N–H and O–H groups in total. The van der Waals surface area contributed by atoms with Crippen molar-refractivity contribution in [2.75, 3.05) is 6.61 Å². The Kier molecular flexibility index (Phi) is 2.71. The molecule has 0 bridgehead atoms. The number of nitrogens with zero attached hydrogens (tertiary/aromatic N) is 1. The summed E-state index contributed by atoms with van der Waals surface area (Å²) in [5.41, 5.74) is 0. The van der Waals surface area contributed by atoms with Crippen LogP contribution in [0.4, 0.5) is 0 Å². The Labute approximate surface area is 80.8 Å². The fourth-order valence-corrected chi connectivity index (χ4v) is 2.26. The smallest absolute Gasteiger partial charge is 0.161 e. The molecule has 0 radical (unpaired) electrons. The lowest BCUT2D eigenvalue weighted by atomic mass is 10.1. The number of hydrogen-bond acceptors (Lipinski definition) is 4. The SMILES string of the molecule is O=Cc1cnc(C2CCCCO2)s1. The van der Waals surface area contributed by atoms with Crippen LogP contribution in [0.1, 0.15) is 40.0 Å². The second-order valence-electron chi connectivity index (χ2n) is 3.07. The molecule has 2 rings (SSSR count). The van der Waals surface area contributed by atoms with Crippen molar-refractivity contribution in [3.05, 3.63) is 16.1 Å². The highest BCUT2D eigenvalue weighted by Gasteiger charge is 2.18. The van der Waals surface area contributed by atoms with Crippen molar-refractivity contribution in [2.24, 2.45) is 0 Å². The van der Waals surface area contributed by atoms with Crippen molar-refractivity contribution in [1.29, 1.82) is 0 Å². The van der Waals surface area contributed by atoms with Crippen LogP contribution in [0.2, 0.25) is 0 Å². The Morgan fingerprint density at radius 3 is 3.15 bits per heavy atom. The topological polar surface area (TPSA) is 39.2 Å². The highest BCUT2D eigenvalue weighted by Crippen LogP contribution is 2.29. The van der Waals surface area contributed by atoms with E-state index in [1.54, 1.807) is 6.20 Å². The van der Waals surface area contributed by atoms with Crippen LogP contribution < -0.4 is 0 Å². The van der Waals surface area contributed by atoms with Gasteiger partial charge in [-0.05, 0) is 19.3 Å². The number of carbonyl (C=O) groups is 1. The van der Waals surface area contributed by atoms with Crippen LogP contribution in [0.25, 0.3) is 0 Å². The van der Waals surface area contributed by atoms with Gasteiger partial charge < -0.3 is 4.74 Å². The van der Waals surface area contributed by atoms with Crippen LogP contribution in [0.5, 0.6) is 0 Å². The average molecular weight is 197 g/mol. The van der Waals surface area contributed by atoms with Gasteiger partial charge >= 0.3 is 0 Å². The minimum Gasteiger partial charge on any atom is -0.371 e. The van der Waals surface area contributed by atoms with E-state index in [1.165, 1.54) is 17.8 Å². The molecule has 0 amide bonds. The zero-order valence-corrected chi connectivity index (χ0v) is 8.05. The average Bonchev–Trinajstić information content (AvgIpc) is 2.67. The van der Waals surface area contributed by atoms with Crippen LogP contribution in [-0.4, -0.2) is 17.9 Å². The molecule has 2 heterocycles. The van der Waals surface area contributed by atoms with Gasteiger partial charge in [0.25, 0.3) is 0 Å². The van der Waals surface area contributed by atoms with Gasteiger partial charge in [0.2, 0.25) is 0 Å². The molecule has 0 saturated carbocycles. The maximum absolute atomic E-state index is 10.4. The molecule has 1 atom stereocenters. The lowest BCUT2D eigenvalue weighted by Gasteiger charge is -2.20. The molecule has 1 aliphatic rings. The van der Waals surface area contributed by atoms with Crippen LogP contribution in [0, 0.1) is 0 Å². The van der Waals surface area contributed by atoms with Crippen molar-refractivity contribution >= 4 is 17.6 Å². The molecule has 0 spiro atoms. The molecule has 0 aromatic carbocycles. The number of aromatic nitrogens is 1. The third-order valence-corrected chi connectivity index (χ3v) is 3.13. The van der Waals surface area contributed by atoms with E-state index in [2.05, 4.69) is 4.98 Å². The standard InChI is InChI=1S/C9H11NO2S/c11-6-7-5-10-9(13-7)8-3-1-2-4-12-8/h5-6,8H,1-4H2. The van der Waals surface area contributed by atoms with Crippen molar-refractivity contribution in [3.8, 4) is 0 Å². The second kappa shape index (κ2) is 3.98. The van der Waals surface area contributed by atoms with Crippen molar-refractivity contribution in [2.45, 2.75) is 25.4 Å². The summed E-state index contributed by atoms with van der Waals surface area (Å²) in [7, 11) is 0. The van der Waals surface area contributed by atoms with E-state index in [-0.39, 0.29) is 6.10 Å². The van der Waals surface area contributed by atoms with Gasteiger partial charge in [-0.2, -0.15) is 0 Å². The molecule has 1 unspecified atom stereocenters. The van der Waals surface area contributed by atoms with Crippen molar-refractivity contribution in [3.63, 3.8) is 0 Å². The number of rotatable bonds is 2. The molecule has 1 saturated heterocycles. The predicted molar refractivity (Wildman–Crippen MR) is 50.0 cm³/mol. The Bertz CT molecular complexity index is 292. The highest BCUT2D eigenvalue weighted by atomic mass is 32.1. The predicted octanol–water partition coefficient (Wildman–Crippen LogP) is 2.20. The van der Waals surface area contributed by atoms with Gasteiger partial charge in [-0.15, -0.1) is 11.3 Å². The first-order valence-corrected chi connectivity index (χ1v) is 5.24. The lowest BCUT2D eigenvalue weighted by Crippen LogP contribution is -2.10. The molecule has 3 nitrogen and oxygen atoms in total. The highest BCUT2D eigenvalue weighted by molar-refractivity contribution is 7.13. The van der Waals surface area contributed by atoms with Crippen LogP contribution in [0.15, 0.2) is 6.20 Å². The minimum absolute atomic E-state index is 0.132. The van der Waals surface area contributed by atoms with Crippen LogP contribution in [0.3, 0.4) is 0 Å². The van der Waals surface area contributed by atoms with E-state index in [0.29, 0.717) is 4.88 Å². The molecular weight excluding hydrogens is 186 g/mol. The number of thiazole rings is 1. The fourth-order valence-electron chi connectivity index (χ4n) is 1.44. The van der Waals surface area contributed by atoms with E-state index in [1.807, 2.05) is 0 Å². The fraction of sp³-hybridized carbons (Fsp3) is 0.556. The molecule has 0 aliphatic carbocycles. The Morgan fingerprint density at radius 2 is 2.54 bits per heavy atom. The summed E-state index contributed by atoms with van der Waals surface area (Å²) >= 11 is 1.44. The molecular formula is C9H11NO2S. The summed E-state index contributed by atoms with van der Waals surface area (Å²) in [6.45, 7) is 0.820. The van der Waals surface area contributed by atoms with Crippen molar-refractivity contribution < 1.29 is 9.53 Å². The number of ether oxygens (including phenoxy) is 1. The van der Waals surface area contributed by atoms with E-state index in [9.17, 15) is 4.79 Å². The van der Waals surface area contributed by atoms with Gasteiger partial charge in [-0.3, -0.25) is 4.79 Å². The number of carbonyl (C=O) groups excluding carboxylic acids is 1. The van der Waals surface area contributed by atoms with Crippen LogP contribution in [-0.2, 0) is 4.74 Å². The molecule has 1 aromatic rings. The van der Waals surface area contributed by atoms with E-state index in [4.69, 9.17) is 4.74 Å². The molecule has 70 valence electrons. The van der Waals surface area contributed by atoms with E-state index >= 15 is 0 Å². The van der Waals surface area contributed by atoms with Gasteiger partial charge in [0, 0.05) is 12.8 Å². The molecule has 4 heteroatoms. The summed E-state index contributed by atoms with van der Waals surface area (Å²) in [5, 5.41) is 0.946. The maximum atomic E-state index is 10.4. The molecule has 1 aliphatic heterocycles. The van der Waals surface area contributed by atoms with E-state index < -0.39 is 0 Å². The normalized spacial score (nSPS) is 22.9. The summed E-state index contributed by atoms with van der Waals surface area (Å²) in [4.78, 5) is 15.3. The Morgan fingerprint density at radius 1 is 1.62 bits per heavy atom. The van der Waals surface area contributed by atoms with Gasteiger partial charge in [-0.25, -0.2) is 4.98 Å². The van der Waals surface area contributed by atoms with Gasteiger partial charge in [0.1, 0.15) is 11.1 Å². The molecule has 1 fully saturated rings. The summed E-state index contributed by atoms with van der Waals surface area (Å²) in [5.74, 6) is 0. The third kappa shape index (κ3) is 1.95. The van der Waals surface area contributed by atoms with Gasteiger partial charge in [0.05, 0.1) is 4.88 Å². The van der Waals surface area contributed by atoms with Gasteiger partial charge in [-0.1, -0.05) is 0 Å². The minimum atomic E-state index is 0.132. The maximum Gasteiger partial charge on any atom is 0.161 e. The summed E-state index contributed by atoms with van der Waals surface area (Å²) in [6.07, 6.45) is 5.96. The third-order valence-electron chi connectivity index (χ3n) is 2.11. The Balaban J connectivity index is 2.09. The zero-order chi connectivity index (χ0) is 9.10. The lowest BCUT2D eigenvalue weighted by molar-refractivity contribution is 0.0148. The van der Waals surface area contributed by atoms with Gasteiger partial charge in [0.15, 0.2) is 6.29 Å². The number of aldehydes is 1. The molecule has 13 heavy (non-hydrogen) atoms. The monoisotopic (exact) mass is 197 g/mol. The summed E-state index contributed by atoms with van der Waals surface area (Å²) < 4.78 is 5.55. The molecule has 1 aromatic heterocycles. The van der Waals surface area contributed by atoms with Crippen molar-refractivity contribution in [1.82, 2.24) is 4.98 Å². The Hall–Kier alpha value is -0.740. The van der Waals surface area contributed by atoms with Crippen LogP contribution >= 0.6 is 11.3 Å². The largest absolute Gasteiger partial charge is 0.371 e.